The van der Waals surface area contributed by atoms with Crippen molar-refractivity contribution in [1.29, 1.82) is 0 Å². The number of nitrogens with zero attached hydrogens (tertiary/aromatic N) is 1. The van der Waals surface area contributed by atoms with Gasteiger partial charge in [0.1, 0.15) is 0 Å². The smallest absolute Gasteiger partial charge is 0.161 e. The Bertz CT molecular complexity index is 452. The van der Waals surface area contributed by atoms with Gasteiger partial charge in [0, 0.05) is 11.4 Å². The molecule has 2 nitrogen and oxygen atoms in total. The second-order valence-corrected chi connectivity index (χ2v) is 6.41. The Morgan fingerprint density at radius 1 is 1.39 bits per heavy atom. The second kappa shape index (κ2) is 5.79. The van der Waals surface area contributed by atoms with Gasteiger partial charge >= 0.3 is 0 Å². The summed E-state index contributed by atoms with van der Waals surface area (Å²) in [4.78, 5) is 4.76. The Balaban J connectivity index is 2.04. The highest BCUT2D eigenvalue weighted by molar-refractivity contribution is 8.14. The van der Waals surface area contributed by atoms with Crippen LogP contribution in [0.4, 0.5) is 5.69 Å². The SMILES string of the molecule is Cc1cccc(NC2=NC(CC(C)C)CS2)c1C. The summed E-state index contributed by atoms with van der Waals surface area (Å²) >= 11 is 1.84. The first-order valence-electron chi connectivity index (χ1n) is 6.60. The molecule has 0 amide bonds. The molecule has 0 saturated carbocycles. The summed E-state index contributed by atoms with van der Waals surface area (Å²) in [5.41, 5.74) is 3.82. The van der Waals surface area contributed by atoms with Crippen LogP contribution in [0.3, 0.4) is 0 Å². The standard InChI is InChI=1S/C15H22N2S/c1-10(2)8-13-9-18-15(16-13)17-14-7-5-6-11(3)12(14)4/h5-7,10,13H,8-9H2,1-4H3,(H,16,17). The van der Waals surface area contributed by atoms with Gasteiger partial charge in [-0.25, -0.2) is 0 Å². The molecule has 2 rings (SSSR count). The van der Waals surface area contributed by atoms with E-state index < -0.39 is 0 Å². The third-order valence-electron chi connectivity index (χ3n) is 3.30. The van der Waals surface area contributed by atoms with Crippen LogP contribution >= 0.6 is 11.8 Å². The Kier molecular flexibility index (Phi) is 4.33. The Morgan fingerprint density at radius 3 is 2.89 bits per heavy atom. The number of aliphatic imine (C=N–C) groups is 1. The van der Waals surface area contributed by atoms with E-state index in [1.54, 1.807) is 0 Å². The van der Waals surface area contributed by atoms with Crippen LogP contribution < -0.4 is 5.32 Å². The Labute approximate surface area is 114 Å². The molecular weight excluding hydrogens is 240 g/mol. The highest BCUT2D eigenvalue weighted by Crippen LogP contribution is 2.26. The van der Waals surface area contributed by atoms with Crippen LogP contribution in [-0.2, 0) is 0 Å². The van der Waals surface area contributed by atoms with E-state index in [0.29, 0.717) is 6.04 Å². The monoisotopic (exact) mass is 262 g/mol. The molecule has 0 saturated heterocycles. The number of thioether (sulfide) groups is 1. The summed E-state index contributed by atoms with van der Waals surface area (Å²) in [5.74, 6) is 1.84. The van der Waals surface area contributed by atoms with Gasteiger partial charge in [-0.05, 0) is 43.4 Å². The van der Waals surface area contributed by atoms with E-state index in [-0.39, 0.29) is 0 Å². The topological polar surface area (TPSA) is 24.4 Å². The first kappa shape index (κ1) is 13.5. The van der Waals surface area contributed by atoms with Gasteiger partial charge in [0.2, 0.25) is 0 Å². The molecule has 18 heavy (non-hydrogen) atoms. The third kappa shape index (κ3) is 3.29. The fourth-order valence-corrected chi connectivity index (χ4v) is 3.12. The zero-order valence-corrected chi connectivity index (χ0v) is 12.5. The van der Waals surface area contributed by atoms with E-state index >= 15 is 0 Å². The van der Waals surface area contributed by atoms with Crippen LogP contribution in [0.25, 0.3) is 0 Å². The van der Waals surface area contributed by atoms with Crippen LogP contribution in [0.2, 0.25) is 0 Å². The maximum Gasteiger partial charge on any atom is 0.161 e. The summed E-state index contributed by atoms with van der Waals surface area (Å²) in [5, 5.41) is 4.54. The minimum absolute atomic E-state index is 0.489. The third-order valence-corrected chi connectivity index (χ3v) is 4.33. The normalized spacial score (nSPS) is 19.2. The van der Waals surface area contributed by atoms with E-state index in [1.807, 2.05) is 11.8 Å². The van der Waals surface area contributed by atoms with Crippen LogP contribution in [0.15, 0.2) is 23.2 Å². The van der Waals surface area contributed by atoms with Gasteiger partial charge in [0.15, 0.2) is 5.17 Å². The molecule has 0 spiro atoms. The average Bonchev–Trinajstić information content (AvgIpc) is 2.71. The van der Waals surface area contributed by atoms with Crippen molar-refractivity contribution in [2.45, 2.75) is 40.2 Å². The lowest BCUT2D eigenvalue weighted by Crippen LogP contribution is -2.08. The second-order valence-electron chi connectivity index (χ2n) is 5.40. The van der Waals surface area contributed by atoms with Crippen molar-refractivity contribution < 1.29 is 0 Å². The lowest BCUT2D eigenvalue weighted by atomic mass is 10.1. The van der Waals surface area contributed by atoms with Gasteiger partial charge in [-0.3, -0.25) is 4.99 Å². The largest absolute Gasteiger partial charge is 0.335 e. The van der Waals surface area contributed by atoms with E-state index in [0.717, 1.165) is 16.8 Å². The maximum atomic E-state index is 4.76. The summed E-state index contributed by atoms with van der Waals surface area (Å²) in [7, 11) is 0. The Hall–Kier alpha value is -0.960. The average molecular weight is 262 g/mol. The highest BCUT2D eigenvalue weighted by atomic mass is 32.2. The molecule has 0 bridgehead atoms. The molecule has 3 heteroatoms. The van der Waals surface area contributed by atoms with Crippen molar-refractivity contribution in [2.24, 2.45) is 10.9 Å². The van der Waals surface area contributed by atoms with E-state index in [2.05, 4.69) is 51.2 Å². The van der Waals surface area contributed by atoms with E-state index in [4.69, 9.17) is 4.99 Å². The zero-order chi connectivity index (χ0) is 13.1. The van der Waals surface area contributed by atoms with Gasteiger partial charge < -0.3 is 5.32 Å². The van der Waals surface area contributed by atoms with Gasteiger partial charge in [-0.2, -0.15) is 0 Å². The lowest BCUT2D eigenvalue weighted by molar-refractivity contribution is 0.529. The molecule has 1 atom stereocenters. The summed E-state index contributed by atoms with van der Waals surface area (Å²) < 4.78 is 0. The van der Waals surface area contributed by atoms with E-state index in [9.17, 15) is 0 Å². The number of nitrogens with one attached hydrogen (secondary N) is 1. The fourth-order valence-electron chi connectivity index (χ4n) is 2.15. The summed E-state index contributed by atoms with van der Waals surface area (Å²) in [6.07, 6.45) is 1.19. The van der Waals surface area contributed by atoms with Crippen molar-refractivity contribution in [2.75, 3.05) is 11.1 Å². The molecule has 1 aromatic carbocycles. The van der Waals surface area contributed by atoms with Crippen LogP contribution in [0.1, 0.15) is 31.4 Å². The lowest BCUT2D eigenvalue weighted by Gasteiger charge is -2.10. The fraction of sp³-hybridized carbons (Fsp3) is 0.533. The minimum atomic E-state index is 0.489. The maximum absolute atomic E-state index is 4.76. The number of benzene rings is 1. The summed E-state index contributed by atoms with van der Waals surface area (Å²) in [6.45, 7) is 8.82. The molecule has 1 aliphatic heterocycles. The predicted octanol–water partition coefficient (Wildman–Crippen LogP) is 4.23. The van der Waals surface area contributed by atoms with Crippen molar-refractivity contribution >= 4 is 22.6 Å². The first-order chi connectivity index (χ1) is 8.56. The van der Waals surface area contributed by atoms with Gasteiger partial charge in [-0.1, -0.05) is 37.7 Å². The number of rotatable bonds is 3. The molecule has 1 aliphatic rings. The van der Waals surface area contributed by atoms with Crippen molar-refractivity contribution in [3.05, 3.63) is 29.3 Å². The Morgan fingerprint density at radius 2 is 2.17 bits per heavy atom. The molecule has 98 valence electrons. The van der Waals surface area contributed by atoms with Crippen molar-refractivity contribution in [3.8, 4) is 0 Å². The molecule has 0 aliphatic carbocycles. The molecule has 1 unspecified atom stereocenters. The predicted molar refractivity (Wildman–Crippen MR) is 82.7 cm³/mol. The number of hydrogen-bond donors (Lipinski definition) is 1. The van der Waals surface area contributed by atoms with E-state index in [1.165, 1.54) is 23.2 Å². The van der Waals surface area contributed by atoms with Crippen molar-refractivity contribution in [1.82, 2.24) is 0 Å². The minimum Gasteiger partial charge on any atom is -0.335 e. The van der Waals surface area contributed by atoms with Crippen LogP contribution in [0, 0.1) is 19.8 Å². The number of amidine groups is 1. The van der Waals surface area contributed by atoms with Gasteiger partial charge in [0.05, 0.1) is 6.04 Å². The quantitative estimate of drug-likeness (QED) is 0.881. The summed E-state index contributed by atoms with van der Waals surface area (Å²) in [6, 6.07) is 6.85. The highest BCUT2D eigenvalue weighted by Gasteiger charge is 2.19. The molecular formula is C15H22N2S. The number of aryl methyl sites for hydroxylation is 1. The molecule has 0 radical (unpaired) electrons. The zero-order valence-electron chi connectivity index (χ0n) is 11.7. The van der Waals surface area contributed by atoms with Crippen LogP contribution in [0.5, 0.6) is 0 Å². The van der Waals surface area contributed by atoms with Crippen LogP contribution in [-0.4, -0.2) is 17.0 Å². The molecule has 0 fully saturated rings. The number of anilines is 1. The van der Waals surface area contributed by atoms with Gasteiger partial charge in [0.25, 0.3) is 0 Å². The molecule has 1 aromatic rings. The first-order valence-corrected chi connectivity index (χ1v) is 7.58. The van der Waals surface area contributed by atoms with Gasteiger partial charge in [-0.15, -0.1) is 0 Å². The number of hydrogen-bond acceptors (Lipinski definition) is 3. The molecule has 0 aromatic heterocycles. The molecule has 1 heterocycles. The molecule has 1 N–H and O–H groups in total. The van der Waals surface area contributed by atoms with Crippen molar-refractivity contribution in [3.63, 3.8) is 0 Å².